The maximum Gasteiger partial charge on any atom is 0.155 e. The highest BCUT2D eigenvalue weighted by molar-refractivity contribution is 7.79. The van der Waals surface area contributed by atoms with Crippen LogP contribution in [0.2, 0.25) is 0 Å². The minimum Gasteiger partial charge on any atom is -0.373 e. The molecular formula is C14H15FO3S. The van der Waals surface area contributed by atoms with E-state index in [2.05, 4.69) is 0 Å². The molecule has 0 amide bonds. The molecule has 0 heterocycles. The fourth-order valence-corrected chi connectivity index (χ4v) is 2.36. The summed E-state index contributed by atoms with van der Waals surface area (Å²) in [7, 11) is 0. The summed E-state index contributed by atoms with van der Waals surface area (Å²) in [4.78, 5) is 0. The molecule has 0 bridgehead atoms. The SMILES string of the molecule is CC(CS(=O)O)OCc1ccc2cccc(F)c2c1. The Hall–Kier alpha value is -1.30. The first-order valence-corrected chi connectivity index (χ1v) is 7.20. The van der Waals surface area contributed by atoms with Crippen LogP contribution in [0.3, 0.4) is 0 Å². The molecule has 0 aliphatic heterocycles. The van der Waals surface area contributed by atoms with Crippen LogP contribution in [0.1, 0.15) is 12.5 Å². The fourth-order valence-electron chi connectivity index (χ4n) is 1.86. The largest absolute Gasteiger partial charge is 0.373 e. The summed E-state index contributed by atoms with van der Waals surface area (Å²) in [5.41, 5.74) is 0.841. The summed E-state index contributed by atoms with van der Waals surface area (Å²) < 4.78 is 38.4. The highest BCUT2D eigenvalue weighted by atomic mass is 32.2. The van der Waals surface area contributed by atoms with E-state index in [1.807, 2.05) is 18.2 Å². The van der Waals surface area contributed by atoms with Crippen LogP contribution in [0.15, 0.2) is 36.4 Å². The van der Waals surface area contributed by atoms with Crippen LogP contribution in [-0.2, 0) is 22.4 Å². The van der Waals surface area contributed by atoms with Crippen molar-refractivity contribution in [3.8, 4) is 0 Å². The topological polar surface area (TPSA) is 46.5 Å². The highest BCUT2D eigenvalue weighted by Gasteiger charge is 2.07. The Morgan fingerprint density at radius 3 is 2.89 bits per heavy atom. The molecule has 2 aromatic carbocycles. The maximum atomic E-state index is 13.6. The molecule has 0 aliphatic carbocycles. The molecule has 0 radical (unpaired) electrons. The van der Waals surface area contributed by atoms with Crippen molar-refractivity contribution >= 4 is 21.9 Å². The predicted octanol–water partition coefficient (Wildman–Crippen LogP) is 3.11. The lowest BCUT2D eigenvalue weighted by atomic mass is 10.1. The van der Waals surface area contributed by atoms with Crippen LogP contribution < -0.4 is 0 Å². The highest BCUT2D eigenvalue weighted by Crippen LogP contribution is 2.19. The first-order valence-electron chi connectivity index (χ1n) is 5.92. The van der Waals surface area contributed by atoms with Crippen LogP contribution >= 0.6 is 0 Å². The van der Waals surface area contributed by atoms with Crippen molar-refractivity contribution in [1.29, 1.82) is 0 Å². The molecule has 0 spiro atoms. The summed E-state index contributed by atoms with van der Waals surface area (Å²) in [5, 5.41) is 1.40. The molecule has 0 aliphatic rings. The van der Waals surface area contributed by atoms with E-state index in [1.165, 1.54) is 6.07 Å². The van der Waals surface area contributed by atoms with Gasteiger partial charge in [-0.2, -0.15) is 0 Å². The van der Waals surface area contributed by atoms with Crippen molar-refractivity contribution in [3.05, 3.63) is 47.8 Å². The van der Waals surface area contributed by atoms with Gasteiger partial charge in [0, 0.05) is 5.39 Å². The number of ether oxygens (including phenoxy) is 1. The molecule has 2 unspecified atom stereocenters. The number of halogens is 1. The van der Waals surface area contributed by atoms with Crippen LogP contribution in [0.4, 0.5) is 4.39 Å². The van der Waals surface area contributed by atoms with Gasteiger partial charge in [0.2, 0.25) is 0 Å². The van der Waals surface area contributed by atoms with Gasteiger partial charge in [-0.05, 0) is 30.0 Å². The van der Waals surface area contributed by atoms with Crippen LogP contribution in [0, 0.1) is 5.82 Å². The smallest absolute Gasteiger partial charge is 0.155 e. The molecule has 5 heteroatoms. The van der Waals surface area contributed by atoms with Crippen molar-refractivity contribution < 1.29 is 17.9 Å². The van der Waals surface area contributed by atoms with Crippen molar-refractivity contribution in [1.82, 2.24) is 0 Å². The molecule has 2 rings (SSSR count). The number of benzene rings is 2. The van der Waals surface area contributed by atoms with Gasteiger partial charge < -0.3 is 9.29 Å². The van der Waals surface area contributed by atoms with E-state index < -0.39 is 11.1 Å². The van der Waals surface area contributed by atoms with Gasteiger partial charge in [-0.15, -0.1) is 0 Å². The molecule has 1 N–H and O–H groups in total. The van der Waals surface area contributed by atoms with Gasteiger partial charge in [-0.3, -0.25) is 0 Å². The van der Waals surface area contributed by atoms with E-state index in [4.69, 9.17) is 9.29 Å². The zero-order valence-corrected chi connectivity index (χ0v) is 11.3. The summed E-state index contributed by atoms with van der Waals surface area (Å²) in [6, 6.07) is 10.4. The minimum absolute atomic E-state index is 0.0714. The van der Waals surface area contributed by atoms with E-state index in [-0.39, 0.29) is 17.7 Å². The van der Waals surface area contributed by atoms with E-state index in [9.17, 15) is 8.60 Å². The van der Waals surface area contributed by atoms with Gasteiger partial charge >= 0.3 is 0 Å². The first-order chi connectivity index (χ1) is 9.06. The second-order valence-corrected chi connectivity index (χ2v) is 5.38. The molecule has 2 atom stereocenters. The van der Waals surface area contributed by atoms with Crippen molar-refractivity contribution in [3.63, 3.8) is 0 Å². The van der Waals surface area contributed by atoms with E-state index in [1.54, 1.807) is 19.1 Å². The first kappa shape index (κ1) is 14.1. The van der Waals surface area contributed by atoms with Crippen molar-refractivity contribution in [2.75, 3.05) is 5.75 Å². The molecule has 3 nitrogen and oxygen atoms in total. The van der Waals surface area contributed by atoms with Gasteiger partial charge in [0.1, 0.15) is 5.82 Å². The van der Waals surface area contributed by atoms with Gasteiger partial charge in [0.25, 0.3) is 0 Å². The van der Waals surface area contributed by atoms with Crippen molar-refractivity contribution in [2.24, 2.45) is 0 Å². The molecule has 2 aromatic rings. The lowest BCUT2D eigenvalue weighted by Crippen LogP contribution is -2.16. The van der Waals surface area contributed by atoms with Gasteiger partial charge in [0.15, 0.2) is 11.1 Å². The predicted molar refractivity (Wildman–Crippen MR) is 73.8 cm³/mol. The molecular weight excluding hydrogens is 267 g/mol. The second kappa shape index (κ2) is 6.23. The summed E-state index contributed by atoms with van der Waals surface area (Å²) in [6.07, 6.45) is -0.317. The third-order valence-corrected chi connectivity index (χ3v) is 3.56. The monoisotopic (exact) mass is 282 g/mol. The fraction of sp³-hybridized carbons (Fsp3) is 0.286. The minimum atomic E-state index is -1.86. The summed E-state index contributed by atoms with van der Waals surface area (Å²) in [5.74, 6) is -0.189. The Kier molecular flexibility index (Phi) is 4.63. The van der Waals surface area contributed by atoms with Gasteiger partial charge in [0.05, 0.1) is 18.5 Å². The molecule has 0 saturated carbocycles. The Labute approximate surface area is 113 Å². The van der Waals surface area contributed by atoms with E-state index in [0.717, 1.165) is 10.9 Å². The van der Waals surface area contributed by atoms with Gasteiger partial charge in [-0.25, -0.2) is 8.60 Å². The van der Waals surface area contributed by atoms with Crippen LogP contribution in [0.5, 0.6) is 0 Å². The molecule has 0 aromatic heterocycles. The quantitative estimate of drug-likeness (QED) is 0.857. The zero-order chi connectivity index (χ0) is 13.8. The Morgan fingerprint density at radius 2 is 2.16 bits per heavy atom. The zero-order valence-electron chi connectivity index (χ0n) is 10.5. The normalized spacial score (nSPS) is 14.5. The summed E-state index contributed by atoms with van der Waals surface area (Å²) in [6.45, 7) is 2.03. The number of rotatable bonds is 5. The third-order valence-electron chi connectivity index (χ3n) is 2.81. The third kappa shape index (κ3) is 3.83. The van der Waals surface area contributed by atoms with E-state index in [0.29, 0.717) is 12.0 Å². The Balaban J connectivity index is 2.09. The van der Waals surface area contributed by atoms with E-state index >= 15 is 0 Å². The average Bonchev–Trinajstić information content (AvgIpc) is 2.36. The Bertz CT molecular complexity index is 600. The number of hydrogen-bond donors (Lipinski definition) is 1. The summed E-state index contributed by atoms with van der Waals surface area (Å²) >= 11 is -1.86. The average molecular weight is 282 g/mol. The molecule has 0 saturated heterocycles. The molecule has 0 fully saturated rings. The molecule has 102 valence electrons. The lowest BCUT2D eigenvalue weighted by Gasteiger charge is -2.11. The van der Waals surface area contributed by atoms with Crippen LogP contribution in [0.25, 0.3) is 10.8 Å². The number of hydrogen-bond acceptors (Lipinski definition) is 2. The second-order valence-electron chi connectivity index (χ2n) is 4.41. The Morgan fingerprint density at radius 1 is 1.37 bits per heavy atom. The maximum absolute atomic E-state index is 13.6. The van der Waals surface area contributed by atoms with Gasteiger partial charge in [-0.1, -0.05) is 24.3 Å². The van der Waals surface area contributed by atoms with Crippen LogP contribution in [-0.4, -0.2) is 20.6 Å². The molecule has 19 heavy (non-hydrogen) atoms. The lowest BCUT2D eigenvalue weighted by molar-refractivity contribution is 0.0676. The standard InChI is InChI=1S/C14H15FO3S/c1-10(9-19(16)17)18-8-11-5-6-12-3-2-4-14(15)13(12)7-11/h2-7,10H,8-9H2,1H3,(H,16,17). The number of fused-ring (bicyclic) bond motifs is 1. The van der Waals surface area contributed by atoms with Crippen molar-refractivity contribution in [2.45, 2.75) is 19.6 Å².